The van der Waals surface area contributed by atoms with Gasteiger partial charge in [0.25, 0.3) is 0 Å². The minimum atomic E-state index is 0.645. The molecule has 0 aliphatic rings. The maximum Gasteiger partial charge on any atom is 0.0101 e. The minimum Gasteiger partial charge on any atom is -0.317 e. The molecule has 0 aliphatic carbocycles. The quantitative estimate of drug-likeness (QED) is 0.339. The van der Waals surface area contributed by atoms with E-state index in [4.69, 9.17) is 0 Å². The Kier molecular flexibility index (Phi) is 12.9. The molecule has 0 saturated carbocycles. The van der Waals surface area contributed by atoms with Crippen molar-refractivity contribution in [1.29, 1.82) is 0 Å². The van der Waals surface area contributed by atoms with Crippen LogP contribution in [0, 0.1) is 0 Å². The number of rotatable bonds is 13. The molecule has 0 spiro atoms. The normalized spacial score (nSPS) is 12.6. The second-order valence-electron chi connectivity index (χ2n) is 5.76. The Balaban J connectivity index is 3.25. The highest BCUT2D eigenvalue weighted by Crippen LogP contribution is 2.13. The molecule has 1 atom stereocenters. The lowest BCUT2D eigenvalue weighted by Crippen LogP contribution is -2.25. The van der Waals surface area contributed by atoms with Crippen molar-refractivity contribution in [2.75, 3.05) is 7.05 Å². The van der Waals surface area contributed by atoms with Crippen LogP contribution in [0.4, 0.5) is 0 Å². The predicted octanol–water partition coefficient (Wildman–Crippen LogP) is 5.46. The van der Waals surface area contributed by atoms with Crippen LogP contribution in [0.3, 0.4) is 0 Å². The van der Waals surface area contributed by atoms with Gasteiger partial charge in [0.15, 0.2) is 0 Å². The highest BCUT2D eigenvalue weighted by Gasteiger charge is 2.05. The molecule has 0 aromatic rings. The van der Waals surface area contributed by atoms with E-state index in [0.29, 0.717) is 6.04 Å². The first-order valence-electron chi connectivity index (χ1n) is 8.02. The number of hydrogen-bond donors (Lipinski definition) is 1. The molecule has 0 aliphatic heterocycles. The van der Waals surface area contributed by atoms with Crippen LogP contribution in [-0.4, -0.2) is 13.1 Å². The Hall–Kier alpha value is -0.300. The first-order chi connectivity index (χ1) is 8.70. The fourth-order valence-electron chi connectivity index (χ4n) is 2.47. The molecule has 1 nitrogen and oxygen atoms in total. The summed E-state index contributed by atoms with van der Waals surface area (Å²) in [6.07, 6.45) is 15.2. The van der Waals surface area contributed by atoms with Crippen molar-refractivity contribution >= 4 is 0 Å². The second kappa shape index (κ2) is 13.1. The summed E-state index contributed by atoms with van der Waals surface area (Å²) in [7, 11) is 2.07. The van der Waals surface area contributed by atoms with E-state index in [-0.39, 0.29) is 0 Å². The van der Waals surface area contributed by atoms with Crippen LogP contribution in [0.5, 0.6) is 0 Å². The molecule has 108 valence electrons. The van der Waals surface area contributed by atoms with E-state index < -0.39 is 0 Å². The first kappa shape index (κ1) is 17.7. The van der Waals surface area contributed by atoms with Crippen molar-refractivity contribution in [3.8, 4) is 0 Å². The Bertz CT molecular complexity index is 186. The van der Waals surface area contributed by atoms with Crippen LogP contribution < -0.4 is 5.32 Å². The molecular weight excluding hydrogens is 218 g/mol. The zero-order valence-corrected chi connectivity index (χ0v) is 13.1. The maximum atomic E-state index is 4.00. The van der Waals surface area contributed by atoms with Gasteiger partial charge in [0.05, 0.1) is 0 Å². The Morgan fingerprint density at radius 2 is 1.44 bits per heavy atom. The van der Waals surface area contributed by atoms with Crippen molar-refractivity contribution in [1.82, 2.24) is 5.32 Å². The summed E-state index contributed by atoms with van der Waals surface area (Å²) < 4.78 is 0. The van der Waals surface area contributed by atoms with Gasteiger partial charge in [-0.1, -0.05) is 70.3 Å². The van der Waals surface area contributed by atoms with Gasteiger partial charge >= 0.3 is 0 Å². The molecule has 1 N–H and O–H groups in total. The highest BCUT2D eigenvalue weighted by atomic mass is 14.9. The lowest BCUT2D eigenvalue weighted by atomic mass is 10.0. The third-order valence-electron chi connectivity index (χ3n) is 3.66. The van der Waals surface area contributed by atoms with Gasteiger partial charge in [-0.25, -0.2) is 0 Å². The molecule has 0 amide bonds. The van der Waals surface area contributed by atoms with Crippen LogP contribution in [-0.2, 0) is 0 Å². The second-order valence-corrected chi connectivity index (χ2v) is 5.76. The third kappa shape index (κ3) is 12.2. The van der Waals surface area contributed by atoms with E-state index >= 15 is 0 Å². The lowest BCUT2D eigenvalue weighted by Gasteiger charge is -2.15. The Morgan fingerprint density at radius 3 is 1.89 bits per heavy atom. The van der Waals surface area contributed by atoms with Gasteiger partial charge in [-0.05, 0) is 26.8 Å². The fourth-order valence-corrected chi connectivity index (χ4v) is 2.47. The summed E-state index contributed by atoms with van der Waals surface area (Å²) in [6.45, 7) is 8.40. The van der Waals surface area contributed by atoms with Gasteiger partial charge in [-0.2, -0.15) is 0 Å². The zero-order chi connectivity index (χ0) is 13.6. The molecule has 0 radical (unpaired) electrons. The van der Waals surface area contributed by atoms with Gasteiger partial charge < -0.3 is 5.32 Å². The molecule has 0 fully saturated rings. The highest BCUT2D eigenvalue weighted by molar-refractivity contribution is 4.92. The molecule has 18 heavy (non-hydrogen) atoms. The van der Waals surface area contributed by atoms with E-state index in [1.165, 1.54) is 69.8 Å². The average molecular weight is 253 g/mol. The molecule has 0 bridgehead atoms. The number of hydrogen-bond acceptors (Lipinski definition) is 1. The molecule has 1 heteroatoms. The van der Waals surface area contributed by atoms with E-state index in [0.717, 1.165) is 6.42 Å². The van der Waals surface area contributed by atoms with E-state index in [1.54, 1.807) is 0 Å². The minimum absolute atomic E-state index is 0.645. The molecule has 0 rings (SSSR count). The van der Waals surface area contributed by atoms with Crippen molar-refractivity contribution in [3.63, 3.8) is 0 Å². The lowest BCUT2D eigenvalue weighted by molar-refractivity contribution is 0.476. The smallest absolute Gasteiger partial charge is 0.0101 e. The van der Waals surface area contributed by atoms with Crippen LogP contribution >= 0.6 is 0 Å². The van der Waals surface area contributed by atoms with Crippen molar-refractivity contribution < 1.29 is 0 Å². The predicted molar refractivity (Wildman–Crippen MR) is 84.1 cm³/mol. The van der Waals surface area contributed by atoms with E-state index in [2.05, 4.69) is 32.8 Å². The molecule has 0 saturated heterocycles. The monoisotopic (exact) mass is 253 g/mol. The molecule has 0 aromatic carbocycles. The van der Waals surface area contributed by atoms with Gasteiger partial charge in [-0.3, -0.25) is 0 Å². The van der Waals surface area contributed by atoms with Gasteiger partial charge in [0, 0.05) is 6.04 Å². The summed E-state index contributed by atoms with van der Waals surface area (Å²) >= 11 is 0. The zero-order valence-electron chi connectivity index (χ0n) is 13.1. The van der Waals surface area contributed by atoms with Crippen molar-refractivity contribution in [2.24, 2.45) is 0 Å². The average Bonchev–Trinajstić information content (AvgIpc) is 2.35. The number of unbranched alkanes of at least 4 members (excludes halogenated alkanes) is 8. The fraction of sp³-hybridized carbons (Fsp3) is 0.882. The Morgan fingerprint density at radius 1 is 0.944 bits per heavy atom. The van der Waals surface area contributed by atoms with Gasteiger partial charge in [0.1, 0.15) is 0 Å². The summed E-state index contributed by atoms with van der Waals surface area (Å²) in [5, 5.41) is 3.40. The third-order valence-corrected chi connectivity index (χ3v) is 3.66. The molecular formula is C17H35N. The van der Waals surface area contributed by atoms with Crippen LogP contribution in [0.15, 0.2) is 12.2 Å². The summed E-state index contributed by atoms with van der Waals surface area (Å²) in [6, 6.07) is 0.645. The van der Waals surface area contributed by atoms with Crippen molar-refractivity contribution in [2.45, 2.75) is 90.5 Å². The molecule has 0 aromatic heterocycles. The van der Waals surface area contributed by atoms with Crippen LogP contribution in [0.25, 0.3) is 0 Å². The van der Waals surface area contributed by atoms with Crippen molar-refractivity contribution in [3.05, 3.63) is 12.2 Å². The maximum absolute atomic E-state index is 4.00. The summed E-state index contributed by atoms with van der Waals surface area (Å²) in [5.74, 6) is 0. The summed E-state index contributed by atoms with van der Waals surface area (Å²) in [5.41, 5.74) is 1.30. The Labute approximate surface area is 115 Å². The molecule has 0 heterocycles. The molecule has 1 unspecified atom stereocenters. The largest absolute Gasteiger partial charge is 0.317 e. The summed E-state index contributed by atoms with van der Waals surface area (Å²) in [4.78, 5) is 0. The first-order valence-corrected chi connectivity index (χ1v) is 8.02. The van der Waals surface area contributed by atoms with E-state index in [1.807, 2.05) is 0 Å². The van der Waals surface area contributed by atoms with Gasteiger partial charge in [-0.15, -0.1) is 6.58 Å². The van der Waals surface area contributed by atoms with Crippen LogP contribution in [0.1, 0.15) is 84.5 Å². The standard InChI is InChI=1S/C17H35N/c1-5-6-7-8-9-10-11-12-13-14-17(18-4)15-16(2)3/h17-18H,2,5-15H2,1,3-4H3. The SMILES string of the molecule is C=C(C)CC(CCCCCCCCCCC)NC. The van der Waals surface area contributed by atoms with Gasteiger partial charge in [0.2, 0.25) is 0 Å². The van der Waals surface area contributed by atoms with E-state index in [9.17, 15) is 0 Å². The number of nitrogens with one attached hydrogen (secondary N) is 1. The van der Waals surface area contributed by atoms with Crippen LogP contribution in [0.2, 0.25) is 0 Å². The topological polar surface area (TPSA) is 12.0 Å².